The van der Waals surface area contributed by atoms with E-state index in [1.807, 2.05) is 0 Å². The van der Waals surface area contributed by atoms with Crippen LogP contribution in [-0.2, 0) is 33.6 Å². The molecule has 0 aromatic carbocycles. The first-order chi connectivity index (χ1) is 9.21. The zero-order valence-corrected chi connectivity index (χ0v) is 9.59. The molecular weight excluding hydrogens is 280 g/mol. The van der Waals surface area contributed by atoms with Crippen molar-refractivity contribution in [1.82, 2.24) is 0 Å². The first kappa shape index (κ1) is 17.1. The van der Waals surface area contributed by atoms with Crippen LogP contribution in [0.4, 0.5) is 0 Å². The zero-order chi connectivity index (χ0) is 16.1. The summed E-state index contributed by atoms with van der Waals surface area (Å²) in [5, 5.41) is 26.6. The highest BCUT2D eigenvalue weighted by molar-refractivity contribution is 6.20. The van der Waals surface area contributed by atoms with E-state index in [4.69, 9.17) is 15.3 Å². The molecule has 0 aliphatic rings. The highest BCUT2D eigenvalue weighted by Crippen LogP contribution is 2.42. The van der Waals surface area contributed by atoms with E-state index in [0.717, 1.165) is 0 Å². The van der Waals surface area contributed by atoms with Crippen LogP contribution >= 0.6 is 0 Å². The highest BCUT2D eigenvalue weighted by Gasteiger charge is 2.68. The van der Waals surface area contributed by atoms with Crippen LogP contribution in [0.3, 0.4) is 0 Å². The van der Waals surface area contributed by atoms with Crippen LogP contribution in [0.5, 0.6) is 0 Å². The topological polar surface area (TPSA) is 180 Å². The molecule has 0 fully saturated rings. The van der Waals surface area contributed by atoms with E-state index in [0.29, 0.717) is 0 Å². The lowest BCUT2D eigenvalue weighted by molar-refractivity contribution is -0.184. The molecule has 0 amide bonds. The molecule has 0 aromatic rings. The summed E-state index contributed by atoms with van der Waals surface area (Å²) >= 11 is 0. The Kier molecular flexibility index (Phi) is 4.97. The van der Waals surface area contributed by atoms with Gasteiger partial charge in [0.15, 0.2) is 5.41 Å². The summed E-state index contributed by atoms with van der Waals surface area (Å²) in [6.45, 7) is 0. The van der Waals surface area contributed by atoms with Gasteiger partial charge in [0.1, 0.15) is 31.1 Å². The Balaban J connectivity index is 6.78. The van der Waals surface area contributed by atoms with Crippen LogP contribution < -0.4 is 0 Å². The molecule has 0 aromatic heterocycles. The number of aldehydes is 4. The van der Waals surface area contributed by atoms with Crippen LogP contribution in [0.2, 0.25) is 0 Å². The maximum Gasteiger partial charge on any atom is 0.325 e. The summed E-state index contributed by atoms with van der Waals surface area (Å²) in [4.78, 5) is 76.7. The Morgan fingerprint density at radius 3 is 1.40 bits per heavy atom. The number of hydrogen-bond acceptors (Lipinski definition) is 7. The molecule has 0 rings (SSSR count). The van der Waals surface area contributed by atoms with Crippen LogP contribution in [0.25, 0.3) is 0 Å². The summed E-state index contributed by atoms with van der Waals surface area (Å²) < 4.78 is 0. The second kappa shape index (κ2) is 5.82. The predicted molar refractivity (Wildman–Crippen MR) is 55.5 cm³/mol. The minimum atomic E-state index is -3.60. The monoisotopic (exact) mass is 288 g/mol. The molecule has 0 aliphatic carbocycles. The second-order valence-corrected chi connectivity index (χ2v) is 3.65. The molecule has 108 valence electrons. The summed E-state index contributed by atoms with van der Waals surface area (Å²) in [5.74, 6) is -9.70. The molecular formula is C10H8O10. The summed E-state index contributed by atoms with van der Waals surface area (Å²) in [6.07, 6.45) is -2.62. The molecule has 0 saturated heterocycles. The summed E-state index contributed by atoms with van der Waals surface area (Å²) in [5.41, 5.74) is -7.15. The van der Waals surface area contributed by atoms with Crippen LogP contribution in [0.1, 0.15) is 0 Å². The van der Waals surface area contributed by atoms with Gasteiger partial charge < -0.3 is 34.5 Å². The SMILES string of the molecule is O=CC(C(=O)O)C(C=O)(C(=O)O)C(C=O)(C=O)C(=O)O. The Bertz CT molecular complexity index is 484. The standard InChI is InChI=1S/C10H8O10/c11-1-5(6(15)16)10(4-14,8(19)20)9(2-12,3-13)7(17)18/h1-5H,(H,15,16)(H,17,18)(H,19,20). The van der Waals surface area contributed by atoms with Crippen molar-refractivity contribution in [2.45, 2.75) is 0 Å². The van der Waals surface area contributed by atoms with E-state index >= 15 is 0 Å². The fourth-order valence-electron chi connectivity index (χ4n) is 1.65. The van der Waals surface area contributed by atoms with Crippen molar-refractivity contribution in [1.29, 1.82) is 0 Å². The average Bonchev–Trinajstić information content (AvgIpc) is 2.37. The van der Waals surface area contributed by atoms with Crippen molar-refractivity contribution >= 4 is 43.1 Å². The molecule has 0 aliphatic heterocycles. The molecule has 3 N–H and O–H groups in total. The minimum absolute atomic E-state index is 0.532. The molecule has 0 bridgehead atoms. The first-order valence-corrected chi connectivity index (χ1v) is 4.75. The maximum absolute atomic E-state index is 11.2. The van der Waals surface area contributed by atoms with Crippen molar-refractivity contribution in [3.05, 3.63) is 0 Å². The molecule has 0 saturated carbocycles. The lowest BCUT2D eigenvalue weighted by Gasteiger charge is -2.35. The van der Waals surface area contributed by atoms with E-state index in [2.05, 4.69) is 0 Å². The van der Waals surface area contributed by atoms with E-state index in [1.54, 1.807) is 0 Å². The Morgan fingerprint density at radius 1 is 0.800 bits per heavy atom. The number of carbonyl (C=O) groups excluding carboxylic acids is 4. The summed E-state index contributed by atoms with van der Waals surface area (Å²) in [7, 11) is 0. The minimum Gasteiger partial charge on any atom is -0.481 e. The van der Waals surface area contributed by atoms with Gasteiger partial charge in [-0.1, -0.05) is 0 Å². The van der Waals surface area contributed by atoms with Crippen molar-refractivity contribution < 1.29 is 48.9 Å². The largest absolute Gasteiger partial charge is 0.481 e. The number of hydrogen-bond donors (Lipinski definition) is 3. The van der Waals surface area contributed by atoms with Crippen LogP contribution in [-0.4, -0.2) is 58.4 Å². The highest BCUT2D eigenvalue weighted by atomic mass is 16.4. The normalized spacial score (nSPS) is 15.2. The lowest BCUT2D eigenvalue weighted by atomic mass is 9.59. The van der Waals surface area contributed by atoms with Gasteiger partial charge in [0, 0.05) is 0 Å². The number of aliphatic carboxylic acids is 3. The van der Waals surface area contributed by atoms with Gasteiger partial charge in [-0.15, -0.1) is 0 Å². The van der Waals surface area contributed by atoms with Gasteiger partial charge in [0.05, 0.1) is 0 Å². The number of carboxylic acids is 3. The van der Waals surface area contributed by atoms with Gasteiger partial charge >= 0.3 is 17.9 Å². The molecule has 20 heavy (non-hydrogen) atoms. The maximum atomic E-state index is 11.2. The van der Waals surface area contributed by atoms with Crippen molar-refractivity contribution in [2.75, 3.05) is 0 Å². The van der Waals surface area contributed by atoms with Crippen molar-refractivity contribution in [3.8, 4) is 0 Å². The average molecular weight is 288 g/mol. The van der Waals surface area contributed by atoms with E-state index in [-0.39, 0.29) is 0 Å². The van der Waals surface area contributed by atoms with E-state index < -0.39 is 59.8 Å². The Labute approximate surface area is 110 Å². The van der Waals surface area contributed by atoms with Gasteiger partial charge in [-0.05, 0) is 0 Å². The number of rotatable bonds is 9. The third-order valence-electron chi connectivity index (χ3n) is 2.84. The van der Waals surface area contributed by atoms with Gasteiger partial charge in [-0.2, -0.15) is 0 Å². The zero-order valence-electron chi connectivity index (χ0n) is 9.59. The van der Waals surface area contributed by atoms with Gasteiger partial charge in [-0.25, -0.2) is 0 Å². The van der Waals surface area contributed by atoms with E-state index in [9.17, 15) is 33.6 Å². The van der Waals surface area contributed by atoms with Crippen LogP contribution in [0.15, 0.2) is 0 Å². The number of carbonyl (C=O) groups is 7. The molecule has 10 heteroatoms. The van der Waals surface area contributed by atoms with Gasteiger partial charge in [0.2, 0.25) is 5.41 Å². The third kappa shape index (κ3) is 1.96. The molecule has 10 nitrogen and oxygen atoms in total. The molecule has 0 radical (unpaired) electrons. The third-order valence-corrected chi connectivity index (χ3v) is 2.84. The Hall–Kier alpha value is -2.91. The molecule has 2 atom stereocenters. The second-order valence-electron chi connectivity index (χ2n) is 3.65. The predicted octanol–water partition coefficient (Wildman–Crippen LogP) is -2.38. The van der Waals surface area contributed by atoms with Crippen molar-refractivity contribution in [3.63, 3.8) is 0 Å². The Morgan fingerprint density at radius 2 is 1.25 bits per heavy atom. The fraction of sp³-hybridized carbons (Fsp3) is 0.300. The summed E-state index contributed by atoms with van der Waals surface area (Å²) in [6, 6.07) is 0. The lowest BCUT2D eigenvalue weighted by Crippen LogP contribution is -2.61. The smallest absolute Gasteiger partial charge is 0.325 e. The van der Waals surface area contributed by atoms with Crippen molar-refractivity contribution in [2.24, 2.45) is 16.7 Å². The molecule has 0 heterocycles. The van der Waals surface area contributed by atoms with E-state index in [1.165, 1.54) is 0 Å². The number of carboxylic acid groups (broad SMARTS) is 3. The first-order valence-electron chi connectivity index (χ1n) is 4.75. The quantitative estimate of drug-likeness (QED) is 0.306. The van der Waals surface area contributed by atoms with Gasteiger partial charge in [-0.3, -0.25) is 14.4 Å². The molecule has 2 unspecified atom stereocenters. The fourth-order valence-corrected chi connectivity index (χ4v) is 1.65. The van der Waals surface area contributed by atoms with Gasteiger partial charge in [0.25, 0.3) is 0 Å². The molecule has 0 spiro atoms. The van der Waals surface area contributed by atoms with Crippen LogP contribution in [0, 0.1) is 16.7 Å².